The lowest BCUT2D eigenvalue weighted by Crippen LogP contribution is -2.16. The molecule has 22 heavy (non-hydrogen) atoms. The number of fused-ring (bicyclic) bond motifs is 1. The molecule has 1 aromatic heterocycles. The Bertz CT molecular complexity index is 986. The summed E-state index contributed by atoms with van der Waals surface area (Å²) in [5, 5.41) is 0.490. The van der Waals surface area contributed by atoms with Gasteiger partial charge >= 0.3 is 0 Å². The molecule has 1 heterocycles. The van der Waals surface area contributed by atoms with E-state index in [0.29, 0.717) is 16.4 Å². The van der Waals surface area contributed by atoms with Gasteiger partial charge in [0, 0.05) is 11.6 Å². The van der Waals surface area contributed by atoms with Crippen LogP contribution in [-0.2, 0) is 16.6 Å². The minimum atomic E-state index is -3.75. The van der Waals surface area contributed by atoms with Gasteiger partial charge < -0.3 is 4.57 Å². The predicted molar refractivity (Wildman–Crippen MR) is 89.7 cm³/mol. The summed E-state index contributed by atoms with van der Waals surface area (Å²) < 4.78 is 31.8. The van der Waals surface area contributed by atoms with Gasteiger partial charge in [-0.05, 0) is 43.3 Å². The fourth-order valence-corrected chi connectivity index (χ4v) is 4.58. The minimum absolute atomic E-state index is 0.136. The average Bonchev–Trinajstić information content (AvgIpc) is 2.83. The molecule has 0 spiro atoms. The third-order valence-electron chi connectivity index (χ3n) is 3.21. The number of rotatable bonds is 3. The van der Waals surface area contributed by atoms with Crippen molar-refractivity contribution in [2.75, 3.05) is 0 Å². The van der Waals surface area contributed by atoms with E-state index in [-0.39, 0.29) is 4.90 Å². The van der Waals surface area contributed by atoms with E-state index in [4.69, 9.17) is 11.6 Å². The molecule has 3 rings (SSSR count). The maximum atomic E-state index is 12.4. The molecule has 0 radical (unpaired) electrons. The molecule has 2 aromatic carbocycles. The van der Waals surface area contributed by atoms with E-state index < -0.39 is 10.0 Å². The van der Waals surface area contributed by atoms with Crippen LogP contribution in [-0.4, -0.2) is 13.0 Å². The smallest absolute Gasteiger partial charge is 0.285 e. The molecule has 4 nitrogen and oxygen atoms in total. The molecule has 7 heteroatoms. The number of hydrogen-bond acceptors (Lipinski definition) is 3. The van der Waals surface area contributed by atoms with Crippen LogP contribution in [0.1, 0.15) is 6.92 Å². The van der Waals surface area contributed by atoms with Gasteiger partial charge in [-0.25, -0.2) is 0 Å². The fraction of sp³-hybridized carbons (Fsp3) is 0.133. The van der Waals surface area contributed by atoms with Gasteiger partial charge in [0.05, 0.1) is 15.1 Å². The Kier molecular flexibility index (Phi) is 4.08. The second-order valence-corrected chi connectivity index (χ2v) is 7.67. The Hall–Kier alpha value is -1.63. The number of halogens is 1. The first-order valence-corrected chi connectivity index (χ1v) is 9.29. The van der Waals surface area contributed by atoms with E-state index in [0.717, 1.165) is 10.2 Å². The van der Waals surface area contributed by atoms with Crippen molar-refractivity contribution in [1.82, 2.24) is 4.57 Å². The molecular formula is C15H13ClN2O2S2. The summed E-state index contributed by atoms with van der Waals surface area (Å²) in [4.78, 5) is 0.607. The van der Waals surface area contributed by atoms with E-state index in [1.807, 2.05) is 35.8 Å². The Balaban J connectivity index is 2.21. The van der Waals surface area contributed by atoms with Crippen molar-refractivity contribution < 1.29 is 8.42 Å². The molecule has 3 aromatic rings. The molecule has 0 N–H and O–H groups in total. The number of hydrogen-bond donors (Lipinski definition) is 0. The van der Waals surface area contributed by atoms with Crippen LogP contribution in [0.25, 0.3) is 10.2 Å². The highest BCUT2D eigenvalue weighted by Crippen LogP contribution is 2.19. The summed E-state index contributed by atoms with van der Waals surface area (Å²) >= 11 is 7.16. The van der Waals surface area contributed by atoms with Crippen molar-refractivity contribution in [2.45, 2.75) is 18.4 Å². The highest BCUT2D eigenvalue weighted by molar-refractivity contribution is 7.90. The van der Waals surface area contributed by atoms with Crippen molar-refractivity contribution in [1.29, 1.82) is 0 Å². The van der Waals surface area contributed by atoms with Crippen molar-refractivity contribution >= 4 is 43.2 Å². The summed E-state index contributed by atoms with van der Waals surface area (Å²) in [5.74, 6) is 0. The van der Waals surface area contributed by atoms with Crippen LogP contribution in [0.5, 0.6) is 0 Å². The van der Waals surface area contributed by atoms with E-state index in [9.17, 15) is 8.42 Å². The first-order chi connectivity index (χ1) is 10.5. The average molecular weight is 353 g/mol. The van der Waals surface area contributed by atoms with E-state index in [2.05, 4.69) is 4.40 Å². The largest absolute Gasteiger partial charge is 0.316 e. The molecule has 0 aliphatic heterocycles. The standard InChI is InChI=1S/C15H13ClN2O2S2/c1-2-18-13-5-3-4-6-14(13)21-15(18)17-22(19,20)12-9-7-11(16)8-10-12/h3-10H,2H2,1H3/b17-15-. The van der Waals surface area contributed by atoms with Gasteiger partial charge in [-0.3, -0.25) is 0 Å². The lowest BCUT2D eigenvalue weighted by atomic mass is 10.3. The van der Waals surface area contributed by atoms with Gasteiger partial charge in [-0.15, -0.1) is 4.40 Å². The first kappa shape index (κ1) is 15.3. The van der Waals surface area contributed by atoms with Gasteiger partial charge in [-0.1, -0.05) is 35.1 Å². The second-order valence-electron chi connectivity index (χ2n) is 4.62. The third kappa shape index (κ3) is 2.82. The number of aromatic nitrogens is 1. The predicted octanol–water partition coefficient (Wildman–Crippen LogP) is 3.67. The molecule has 114 valence electrons. The summed E-state index contributed by atoms with van der Waals surface area (Å²) in [5.41, 5.74) is 0.986. The van der Waals surface area contributed by atoms with Gasteiger partial charge in [-0.2, -0.15) is 8.42 Å². The topological polar surface area (TPSA) is 51.4 Å². The molecule has 0 aliphatic rings. The summed E-state index contributed by atoms with van der Waals surface area (Å²) in [6.45, 7) is 2.62. The highest BCUT2D eigenvalue weighted by atomic mass is 35.5. The van der Waals surface area contributed by atoms with Crippen molar-refractivity contribution in [3.8, 4) is 0 Å². The molecule has 0 aliphatic carbocycles. The lowest BCUT2D eigenvalue weighted by molar-refractivity contribution is 0.595. The van der Waals surface area contributed by atoms with Crippen molar-refractivity contribution in [3.63, 3.8) is 0 Å². The van der Waals surface area contributed by atoms with Crippen LogP contribution in [0.15, 0.2) is 57.8 Å². The van der Waals surface area contributed by atoms with Gasteiger partial charge in [0.25, 0.3) is 10.0 Å². The number of thiazole rings is 1. The third-order valence-corrected chi connectivity index (χ3v) is 5.92. The maximum Gasteiger partial charge on any atom is 0.285 e. The van der Waals surface area contributed by atoms with Crippen LogP contribution in [0.4, 0.5) is 0 Å². The zero-order chi connectivity index (χ0) is 15.7. The van der Waals surface area contributed by atoms with Crippen LogP contribution in [0.2, 0.25) is 5.02 Å². The van der Waals surface area contributed by atoms with E-state index >= 15 is 0 Å². The van der Waals surface area contributed by atoms with Gasteiger partial charge in [0.15, 0.2) is 0 Å². The quantitative estimate of drug-likeness (QED) is 0.722. The van der Waals surface area contributed by atoms with Gasteiger partial charge in [0.1, 0.15) is 0 Å². The highest BCUT2D eigenvalue weighted by Gasteiger charge is 2.14. The van der Waals surface area contributed by atoms with Crippen LogP contribution >= 0.6 is 22.9 Å². The van der Waals surface area contributed by atoms with Crippen molar-refractivity contribution in [3.05, 3.63) is 58.4 Å². The fourth-order valence-electron chi connectivity index (χ4n) is 2.16. The Morgan fingerprint density at radius 1 is 1.14 bits per heavy atom. The second kappa shape index (κ2) is 5.87. The Labute approximate surface area is 137 Å². The molecule has 0 saturated carbocycles. The maximum absolute atomic E-state index is 12.4. The van der Waals surface area contributed by atoms with Gasteiger partial charge in [0.2, 0.25) is 4.80 Å². The number of nitrogens with zero attached hydrogens (tertiary/aromatic N) is 2. The van der Waals surface area contributed by atoms with Crippen LogP contribution < -0.4 is 4.80 Å². The lowest BCUT2D eigenvalue weighted by Gasteiger charge is -2.01. The molecule has 0 atom stereocenters. The number of benzene rings is 2. The number of sulfonamides is 1. The molecule has 0 unspecified atom stereocenters. The SMILES string of the molecule is CCn1/c(=N/S(=O)(=O)c2ccc(Cl)cc2)sc2ccccc21. The molecule has 0 amide bonds. The molecule has 0 saturated heterocycles. The zero-order valence-electron chi connectivity index (χ0n) is 11.7. The molecule has 0 fully saturated rings. The van der Waals surface area contributed by atoms with Crippen molar-refractivity contribution in [2.24, 2.45) is 4.40 Å². The monoisotopic (exact) mass is 352 g/mol. The van der Waals surface area contributed by atoms with Crippen LogP contribution in [0, 0.1) is 0 Å². The number of para-hydroxylation sites is 1. The summed E-state index contributed by atoms with van der Waals surface area (Å²) in [6, 6.07) is 13.8. The summed E-state index contributed by atoms with van der Waals surface area (Å²) in [6.07, 6.45) is 0. The van der Waals surface area contributed by atoms with E-state index in [1.54, 1.807) is 12.1 Å². The minimum Gasteiger partial charge on any atom is -0.316 e. The number of aryl methyl sites for hydroxylation is 1. The normalized spacial score (nSPS) is 12.9. The summed E-state index contributed by atoms with van der Waals surface area (Å²) in [7, 11) is -3.75. The van der Waals surface area contributed by atoms with Crippen LogP contribution in [0.3, 0.4) is 0 Å². The molecule has 0 bridgehead atoms. The Morgan fingerprint density at radius 2 is 1.82 bits per heavy atom. The molecular weight excluding hydrogens is 340 g/mol. The zero-order valence-corrected chi connectivity index (χ0v) is 14.1. The van der Waals surface area contributed by atoms with E-state index in [1.165, 1.54) is 23.5 Å². The Morgan fingerprint density at radius 3 is 2.50 bits per heavy atom. The first-order valence-electron chi connectivity index (χ1n) is 6.66.